The Morgan fingerprint density at radius 1 is 1.10 bits per heavy atom. The number of ether oxygens (including phenoxy) is 2. The van der Waals surface area contributed by atoms with Crippen molar-refractivity contribution in [2.45, 2.75) is 32.3 Å². The lowest BCUT2D eigenvalue weighted by atomic mass is 9.96. The second kappa shape index (κ2) is 4.87. The fraction of sp³-hybridized carbons (Fsp3) is 0.400. The van der Waals surface area contributed by atoms with Gasteiger partial charge in [-0.15, -0.1) is 0 Å². The zero-order valence-electron chi connectivity index (χ0n) is 12.3. The van der Waals surface area contributed by atoms with Gasteiger partial charge in [-0.05, 0) is 12.1 Å². The van der Waals surface area contributed by atoms with Crippen molar-refractivity contribution in [1.82, 2.24) is 15.0 Å². The molecule has 3 rings (SSSR count). The van der Waals surface area contributed by atoms with Crippen LogP contribution in [0.1, 0.15) is 38.5 Å². The number of anilines is 1. The molecule has 1 aliphatic rings. The molecular formula is C15H18N4O2. The van der Waals surface area contributed by atoms with Crippen LogP contribution >= 0.6 is 0 Å². The van der Waals surface area contributed by atoms with Crippen LogP contribution in [0.25, 0.3) is 0 Å². The predicted octanol–water partition coefficient (Wildman–Crippen LogP) is 2.26. The van der Waals surface area contributed by atoms with Gasteiger partial charge in [0.05, 0.1) is 0 Å². The van der Waals surface area contributed by atoms with Crippen molar-refractivity contribution in [3.63, 3.8) is 0 Å². The van der Waals surface area contributed by atoms with Crippen LogP contribution in [0.15, 0.2) is 24.3 Å². The third-order valence-electron chi connectivity index (χ3n) is 3.14. The summed E-state index contributed by atoms with van der Waals surface area (Å²) >= 11 is 0. The number of nitrogen functional groups attached to an aromatic ring is 1. The first-order valence-electron chi connectivity index (χ1n) is 6.84. The number of rotatable bonds is 1. The number of aromatic nitrogens is 3. The van der Waals surface area contributed by atoms with Crippen LogP contribution in [0.2, 0.25) is 0 Å². The zero-order chi connectivity index (χ0) is 15.0. The quantitative estimate of drug-likeness (QED) is 0.865. The van der Waals surface area contributed by atoms with Crippen LogP contribution in [0, 0.1) is 0 Å². The van der Waals surface area contributed by atoms with Gasteiger partial charge in [0.25, 0.3) is 0 Å². The molecule has 0 aliphatic carbocycles. The summed E-state index contributed by atoms with van der Waals surface area (Å²) in [5.41, 5.74) is 5.59. The molecule has 2 aromatic rings. The minimum Gasteiger partial charge on any atom is -0.485 e. The molecule has 1 aliphatic heterocycles. The van der Waals surface area contributed by atoms with Gasteiger partial charge in [0, 0.05) is 5.41 Å². The summed E-state index contributed by atoms with van der Waals surface area (Å²) in [6.45, 7) is 6.43. The van der Waals surface area contributed by atoms with Gasteiger partial charge in [-0.3, -0.25) is 0 Å². The molecule has 0 bridgehead atoms. The number of benzene rings is 1. The molecule has 1 atom stereocenters. The van der Waals surface area contributed by atoms with Crippen molar-refractivity contribution in [1.29, 1.82) is 0 Å². The van der Waals surface area contributed by atoms with Crippen molar-refractivity contribution < 1.29 is 9.47 Å². The van der Waals surface area contributed by atoms with Gasteiger partial charge in [0.1, 0.15) is 12.4 Å². The van der Waals surface area contributed by atoms with Gasteiger partial charge in [0.2, 0.25) is 5.95 Å². The van der Waals surface area contributed by atoms with Gasteiger partial charge in [-0.1, -0.05) is 32.9 Å². The largest absolute Gasteiger partial charge is 0.485 e. The Balaban J connectivity index is 1.94. The van der Waals surface area contributed by atoms with E-state index in [1.807, 2.05) is 45.0 Å². The van der Waals surface area contributed by atoms with E-state index in [2.05, 4.69) is 15.0 Å². The minimum atomic E-state index is -0.383. The fourth-order valence-electron chi connectivity index (χ4n) is 2.04. The van der Waals surface area contributed by atoms with Gasteiger partial charge < -0.3 is 15.2 Å². The van der Waals surface area contributed by atoms with Gasteiger partial charge >= 0.3 is 0 Å². The highest BCUT2D eigenvalue weighted by molar-refractivity contribution is 5.41. The lowest BCUT2D eigenvalue weighted by Crippen LogP contribution is -2.26. The number of para-hydroxylation sites is 2. The minimum absolute atomic E-state index is 0.201. The van der Waals surface area contributed by atoms with Crippen molar-refractivity contribution in [3.8, 4) is 11.5 Å². The molecule has 6 nitrogen and oxygen atoms in total. The van der Waals surface area contributed by atoms with Crippen LogP contribution in [-0.2, 0) is 5.41 Å². The molecule has 1 aromatic carbocycles. The molecule has 110 valence electrons. The standard InChI is InChI=1S/C15H18N4O2/c1-15(2,3)13-17-12(18-14(16)19-13)11-8-20-9-6-4-5-7-10(9)21-11/h4-7,11H,8H2,1-3H3,(H2,16,17,18,19). The van der Waals surface area contributed by atoms with Gasteiger partial charge in [-0.25, -0.2) is 4.98 Å². The molecule has 2 heterocycles. The third kappa shape index (κ3) is 2.74. The van der Waals surface area contributed by atoms with Crippen molar-refractivity contribution in [2.75, 3.05) is 12.3 Å². The zero-order valence-corrected chi connectivity index (χ0v) is 12.3. The number of nitrogens with two attached hydrogens (primary N) is 1. The normalized spacial score (nSPS) is 17.6. The van der Waals surface area contributed by atoms with Crippen LogP contribution in [0.4, 0.5) is 5.95 Å². The Morgan fingerprint density at radius 3 is 2.52 bits per heavy atom. The van der Waals surface area contributed by atoms with Crippen LogP contribution in [-0.4, -0.2) is 21.6 Å². The molecule has 1 unspecified atom stereocenters. The number of nitrogens with zero attached hydrogens (tertiary/aromatic N) is 3. The molecule has 0 fully saturated rings. The molecule has 1 aromatic heterocycles. The van der Waals surface area contributed by atoms with E-state index < -0.39 is 0 Å². The number of fused-ring (bicyclic) bond motifs is 1. The maximum absolute atomic E-state index is 5.91. The first-order valence-corrected chi connectivity index (χ1v) is 6.84. The smallest absolute Gasteiger partial charge is 0.223 e. The SMILES string of the molecule is CC(C)(C)c1nc(N)nc(C2COc3ccccc3O2)n1. The maximum atomic E-state index is 5.91. The Bertz CT molecular complexity index is 667. The first-order chi connectivity index (χ1) is 9.93. The maximum Gasteiger partial charge on any atom is 0.223 e. The highest BCUT2D eigenvalue weighted by Crippen LogP contribution is 2.35. The van der Waals surface area contributed by atoms with Gasteiger partial charge in [-0.2, -0.15) is 9.97 Å². The van der Waals surface area contributed by atoms with E-state index in [-0.39, 0.29) is 17.5 Å². The molecule has 6 heteroatoms. The Kier molecular flexibility index (Phi) is 3.16. The molecule has 0 amide bonds. The summed E-state index contributed by atoms with van der Waals surface area (Å²) in [4.78, 5) is 12.9. The summed E-state index contributed by atoms with van der Waals surface area (Å²) in [5.74, 6) is 2.76. The van der Waals surface area contributed by atoms with Crippen molar-refractivity contribution in [2.24, 2.45) is 0 Å². The first kappa shape index (κ1) is 13.6. The van der Waals surface area contributed by atoms with E-state index in [1.54, 1.807) is 0 Å². The van der Waals surface area contributed by atoms with E-state index in [0.29, 0.717) is 24.0 Å². The topological polar surface area (TPSA) is 83.2 Å². The highest BCUT2D eigenvalue weighted by atomic mass is 16.6. The third-order valence-corrected chi connectivity index (χ3v) is 3.14. The Morgan fingerprint density at radius 2 is 1.81 bits per heavy atom. The molecule has 0 radical (unpaired) electrons. The Hall–Kier alpha value is -2.37. The summed E-state index contributed by atoms with van der Waals surface area (Å²) in [6, 6.07) is 7.53. The van der Waals surface area contributed by atoms with E-state index in [9.17, 15) is 0 Å². The van der Waals surface area contributed by atoms with E-state index in [4.69, 9.17) is 15.2 Å². The molecule has 0 saturated carbocycles. The second-order valence-electron chi connectivity index (χ2n) is 5.99. The summed E-state index contributed by atoms with van der Waals surface area (Å²) < 4.78 is 11.6. The molecule has 0 spiro atoms. The van der Waals surface area contributed by atoms with Crippen LogP contribution < -0.4 is 15.2 Å². The lowest BCUT2D eigenvalue weighted by molar-refractivity contribution is 0.0846. The molecule has 2 N–H and O–H groups in total. The fourth-order valence-corrected chi connectivity index (χ4v) is 2.04. The average Bonchev–Trinajstić information content (AvgIpc) is 2.45. The molecular weight excluding hydrogens is 268 g/mol. The molecule has 0 saturated heterocycles. The predicted molar refractivity (Wildman–Crippen MR) is 78.2 cm³/mol. The van der Waals surface area contributed by atoms with E-state index in [0.717, 1.165) is 5.75 Å². The Labute approximate surface area is 123 Å². The van der Waals surface area contributed by atoms with Crippen molar-refractivity contribution in [3.05, 3.63) is 35.9 Å². The number of hydrogen-bond acceptors (Lipinski definition) is 6. The lowest BCUT2D eigenvalue weighted by Gasteiger charge is -2.26. The van der Waals surface area contributed by atoms with Crippen LogP contribution in [0.5, 0.6) is 11.5 Å². The van der Waals surface area contributed by atoms with Gasteiger partial charge in [0.15, 0.2) is 23.4 Å². The molecule has 21 heavy (non-hydrogen) atoms. The summed E-state index contributed by atoms with van der Waals surface area (Å²) in [7, 11) is 0. The highest BCUT2D eigenvalue weighted by Gasteiger charge is 2.27. The van der Waals surface area contributed by atoms with E-state index >= 15 is 0 Å². The monoisotopic (exact) mass is 286 g/mol. The summed E-state index contributed by atoms with van der Waals surface area (Å²) in [5, 5.41) is 0. The second-order valence-corrected chi connectivity index (χ2v) is 5.99. The van der Waals surface area contributed by atoms with Crippen molar-refractivity contribution >= 4 is 5.95 Å². The summed E-state index contributed by atoms with van der Waals surface area (Å²) in [6.07, 6.45) is -0.383. The number of hydrogen-bond donors (Lipinski definition) is 1. The van der Waals surface area contributed by atoms with Crippen LogP contribution in [0.3, 0.4) is 0 Å². The van der Waals surface area contributed by atoms with E-state index in [1.165, 1.54) is 0 Å². The average molecular weight is 286 g/mol.